The van der Waals surface area contributed by atoms with Gasteiger partial charge in [0.05, 0.1) is 0 Å². The van der Waals surface area contributed by atoms with Crippen molar-refractivity contribution in [2.45, 2.75) is 77.6 Å². The van der Waals surface area contributed by atoms with Crippen molar-refractivity contribution in [2.24, 2.45) is 0 Å². The first-order valence-electron chi connectivity index (χ1n) is 8.10. The molecule has 0 aromatic carbocycles. The zero-order valence-electron chi connectivity index (χ0n) is 13.6. The second kappa shape index (κ2) is 8.58. The van der Waals surface area contributed by atoms with Crippen LogP contribution in [0.3, 0.4) is 0 Å². The summed E-state index contributed by atoms with van der Waals surface area (Å²) in [4.78, 5) is 12.3. The fraction of sp³-hybridized carbons (Fsp3) is 0.706. The molecule has 1 aliphatic rings. The molecule has 1 rings (SSSR count). The van der Waals surface area contributed by atoms with E-state index in [9.17, 15) is 4.79 Å². The van der Waals surface area contributed by atoms with E-state index in [0.717, 1.165) is 43.8 Å². The fourth-order valence-corrected chi connectivity index (χ4v) is 5.60. The van der Waals surface area contributed by atoms with Gasteiger partial charge in [-0.3, -0.25) is 4.79 Å². The summed E-state index contributed by atoms with van der Waals surface area (Å²) < 4.78 is 6.41. The van der Waals surface area contributed by atoms with Gasteiger partial charge in [-0.2, -0.15) is 0 Å². The molecule has 0 heterocycles. The maximum Gasteiger partial charge on any atom is 0.193 e. The fourth-order valence-electron chi connectivity index (χ4n) is 2.76. The van der Waals surface area contributed by atoms with Gasteiger partial charge >= 0.3 is 0 Å². The molecular formula is C17H30O2Si. The van der Waals surface area contributed by atoms with E-state index in [1.54, 1.807) is 6.08 Å². The number of hydrogen-bond donors (Lipinski definition) is 0. The predicted octanol–water partition coefficient (Wildman–Crippen LogP) is 5.02. The Morgan fingerprint density at radius 1 is 1.20 bits per heavy atom. The van der Waals surface area contributed by atoms with E-state index in [-0.39, 0.29) is 11.9 Å². The van der Waals surface area contributed by atoms with E-state index in [1.165, 1.54) is 5.57 Å². The van der Waals surface area contributed by atoms with Gasteiger partial charge in [-0.25, -0.2) is 0 Å². The topological polar surface area (TPSA) is 26.3 Å². The van der Waals surface area contributed by atoms with Gasteiger partial charge in [-0.15, -0.1) is 0 Å². The number of carbonyl (C=O) groups excluding carboxylic acids is 1. The van der Waals surface area contributed by atoms with Crippen LogP contribution in [0.2, 0.25) is 18.1 Å². The molecule has 1 atom stereocenters. The molecule has 0 bridgehead atoms. The molecular weight excluding hydrogens is 264 g/mol. The van der Waals surface area contributed by atoms with Crippen molar-refractivity contribution in [1.82, 2.24) is 0 Å². The summed E-state index contributed by atoms with van der Waals surface area (Å²) in [6.45, 7) is 8.81. The van der Waals surface area contributed by atoms with Crippen LogP contribution in [0.15, 0.2) is 23.8 Å². The van der Waals surface area contributed by atoms with E-state index in [4.69, 9.17) is 4.43 Å². The molecule has 0 aromatic heterocycles. The second-order valence-corrected chi connectivity index (χ2v) is 10.5. The molecule has 0 saturated heterocycles. The minimum atomic E-state index is -1.71. The highest BCUT2D eigenvalue weighted by Gasteiger charge is 2.33. The van der Waals surface area contributed by atoms with Gasteiger partial charge in [0.25, 0.3) is 0 Å². The van der Waals surface area contributed by atoms with Gasteiger partial charge in [0, 0.05) is 0 Å². The van der Waals surface area contributed by atoms with E-state index in [2.05, 4.69) is 33.8 Å². The standard InChI is InChI=1S/C17H30O2Si/c1-5-20(6-2,7-3)19-17-14-10-12-15(4)11-8-9-13-16(17)18/h9,12-13,17H,5-8,10-11,14H2,1-4H3. The monoisotopic (exact) mass is 294 g/mol. The zero-order chi connectivity index (χ0) is 15.0. The summed E-state index contributed by atoms with van der Waals surface area (Å²) in [6.07, 6.45) is 9.62. The summed E-state index contributed by atoms with van der Waals surface area (Å²) in [5, 5.41) is 0. The van der Waals surface area contributed by atoms with Crippen LogP contribution in [0.1, 0.15) is 53.4 Å². The summed E-state index contributed by atoms with van der Waals surface area (Å²) in [5.41, 5.74) is 1.42. The Morgan fingerprint density at radius 3 is 2.45 bits per heavy atom. The molecule has 0 aromatic rings. The van der Waals surface area contributed by atoms with Crippen molar-refractivity contribution in [3.8, 4) is 0 Å². The second-order valence-electron chi connectivity index (χ2n) is 5.82. The molecule has 0 fully saturated rings. The summed E-state index contributed by atoms with van der Waals surface area (Å²) in [5.74, 6) is 0.171. The van der Waals surface area contributed by atoms with Gasteiger partial charge in [0.1, 0.15) is 6.10 Å². The highest BCUT2D eigenvalue weighted by Crippen LogP contribution is 2.26. The van der Waals surface area contributed by atoms with Crippen LogP contribution in [-0.4, -0.2) is 20.2 Å². The molecule has 1 unspecified atom stereocenters. The largest absolute Gasteiger partial charge is 0.407 e. The minimum absolute atomic E-state index is 0.171. The van der Waals surface area contributed by atoms with E-state index < -0.39 is 8.32 Å². The Bertz CT molecular complexity index is 359. The maximum absolute atomic E-state index is 12.3. The predicted molar refractivity (Wildman–Crippen MR) is 88.4 cm³/mol. The third-order valence-corrected chi connectivity index (χ3v) is 9.20. The first kappa shape index (κ1) is 17.4. The molecule has 0 amide bonds. The SMILES string of the molecule is CC[Si](CC)(CC)OC1CCC=C(C)CCC=CC1=O. The Labute approximate surface area is 125 Å². The molecule has 2 nitrogen and oxygen atoms in total. The van der Waals surface area contributed by atoms with Crippen LogP contribution in [0, 0.1) is 0 Å². The molecule has 0 spiro atoms. The molecule has 20 heavy (non-hydrogen) atoms. The van der Waals surface area contributed by atoms with Crippen molar-refractivity contribution in [3.63, 3.8) is 0 Å². The van der Waals surface area contributed by atoms with Crippen molar-refractivity contribution in [3.05, 3.63) is 23.8 Å². The Hall–Kier alpha value is -0.673. The van der Waals surface area contributed by atoms with Crippen LogP contribution >= 0.6 is 0 Å². The normalized spacial score (nSPS) is 21.7. The van der Waals surface area contributed by atoms with Crippen LogP contribution in [0.25, 0.3) is 0 Å². The summed E-state index contributed by atoms with van der Waals surface area (Å²) in [6, 6.07) is 3.30. The van der Waals surface area contributed by atoms with E-state index in [1.807, 2.05) is 6.08 Å². The Balaban J connectivity index is 2.82. The van der Waals surface area contributed by atoms with Crippen molar-refractivity contribution in [1.29, 1.82) is 0 Å². The Kier molecular flexibility index (Phi) is 7.45. The van der Waals surface area contributed by atoms with Crippen LogP contribution in [0.4, 0.5) is 0 Å². The lowest BCUT2D eigenvalue weighted by Crippen LogP contribution is -2.42. The first-order chi connectivity index (χ1) is 9.56. The van der Waals surface area contributed by atoms with Crippen molar-refractivity contribution >= 4 is 14.1 Å². The van der Waals surface area contributed by atoms with E-state index >= 15 is 0 Å². The van der Waals surface area contributed by atoms with Gasteiger partial charge in [0.15, 0.2) is 14.1 Å². The lowest BCUT2D eigenvalue weighted by Gasteiger charge is -2.32. The smallest absolute Gasteiger partial charge is 0.193 e. The van der Waals surface area contributed by atoms with Crippen LogP contribution in [0.5, 0.6) is 0 Å². The lowest BCUT2D eigenvalue weighted by molar-refractivity contribution is -0.121. The molecule has 3 heteroatoms. The summed E-state index contributed by atoms with van der Waals surface area (Å²) >= 11 is 0. The average Bonchev–Trinajstić information content (AvgIpc) is 2.47. The first-order valence-corrected chi connectivity index (χ1v) is 10.6. The summed E-state index contributed by atoms with van der Waals surface area (Å²) in [7, 11) is -1.71. The van der Waals surface area contributed by atoms with Gasteiger partial charge < -0.3 is 4.43 Å². The van der Waals surface area contributed by atoms with Crippen molar-refractivity contribution < 1.29 is 9.22 Å². The molecule has 0 aliphatic heterocycles. The molecule has 0 N–H and O–H groups in total. The highest BCUT2D eigenvalue weighted by atomic mass is 28.4. The van der Waals surface area contributed by atoms with Crippen molar-refractivity contribution in [2.75, 3.05) is 0 Å². The quantitative estimate of drug-likeness (QED) is 0.525. The highest BCUT2D eigenvalue weighted by molar-refractivity contribution is 6.73. The third-order valence-electron chi connectivity index (χ3n) is 4.55. The molecule has 0 radical (unpaired) electrons. The number of carbonyl (C=O) groups is 1. The lowest BCUT2D eigenvalue weighted by atomic mass is 10.0. The molecule has 114 valence electrons. The number of hydrogen-bond acceptors (Lipinski definition) is 2. The average molecular weight is 295 g/mol. The molecule has 0 saturated carbocycles. The molecule has 1 aliphatic carbocycles. The van der Waals surface area contributed by atoms with Gasteiger partial charge in [-0.05, 0) is 56.8 Å². The van der Waals surface area contributed by atoms with Gasteiger partial charge in [-0.1, -0.05) is 38.5 Å². The third kappa shape index (κ3) is 5.02. The maximum atomic E-state index is 12.3. The van der Waals surface area contributed by atoms with Crippen LogP contribution in [-0.2, 0) is 9.22 Å². The number of allylic oxidation sites excluding steroid dienone is 3. The van der Waals surface area contributed by atoms with Crippen LogP contribution < -0.4 is 0 Å². The van der Waals surface area contributed by atoms with E-state index in [0.29, 0.717) is 0 Å². The minimum Gasteiger partial charge on any atom is -0.407 e. The van der Waals surface area contributed by atoms with Gasteiger partial charge in [0.2, 0.25) is 0 Å². The number of ketones is 1. The number of rotatable bonds is 5. The Morgan fingerprint density at radius 2 is 1.85 bits per heavy atom. The zero-order valence-corrected chi connectivity index (χ0v) is 14.6.